The second-order valence-corrected chi connectivity index (χ2v) is 7.09. The maximum absolute atomic E-state index is 12.5. The van der Waals surface area contributed by atoms with E-state index < -0.39 is 6.10 Å². The number of hydrogen-bond donors (Lipinski definition) is 1. The molecule has 0 aromatic carbocycles. The Kier molecular flexibility index (Phi) is 5.01. The lowest BCUT2D eigenvalue weighted by Gasteiger charge is -2.38. The van der Waals surface area contributed by atoms with Crippen LogP contribution in [0.4, 0.5) is 0 Å². The van der Waals surface area contributed by atoms with Crippen LogP contribution in [0.3, 0.4) is 0 Å². The molecule has 2 aliphatic heterocycles. The van der Waals surface area contributed by atoms with Crippen molar-refractivity contribution < 1.29 is 14.7 Å². The summed E-state index contributed by atoms with van der Waals surface area (Å²) >= 11 is 0. The highest BCUT2D eigenvalue weighted by molar-refractivity contribution is 5.81. The van der Waals surface area contributed by atoms with Crippen LogP contribution in [-0.4, -0.2) is 58.5 Å². The molecule has 3 aliphatic rings. The Bertz CT molecular complexity index is 412. The van der Waals surface area contributed by atoms with Gasteiger partial charge in [-0.1, -0.05) is 19.3 Å². The van der Waals surface area contributed by atoms with Crippen molar-refractivity contribution in [3.63, 3.8) is 0 Å². The van der Waals surface area contributed by atoms with Crippen LogP contribution in [0.25, 0.3) is 0 Å². The molecule has 22 heavy (non-hydrogen) atoms. The van der Waals surface area contributed by atoms with Gasteiger partial charge in [-0.05, 0) is 38.0 Å². The average Bonchev–Trinajstić information content (AvgIpc) is 3.00. The average molecular weight is 308 g/mol. The summed E-state index contributed by atoms with van der Waals surface area (Å²) in [4.78, 5) is 28.1. The lowest BCUT2D eigenvalue weighted by atomic mass is 9.84. The molecule has 0 spiro atoms. The zero-order valence-corrected chi connectivity index (χ0v) is 13.4. The minimum atomic E-state index is -0.815. The van der Waals surface area contributed by atoms with E-state index >= 15 is 0 Å². The van der Waals surface area contributed by atoms with Crippen LogP contribution < -0.4 is 0 Å². The Morgan fingerprint density at radius 3 is 2.27 bits per heavy atom. The van der Waals surface area contributed by atoms with Gasteiger partial charge in [-0.3, -0.25) is 9.59 Å². The van der Waals surface area contributed by atoms with Gasteiger partial charge in [0.2, 0.25) is 5.91 Å². The van der Waals surface area contributed by atoms with E-state index in [1.807, 2.05) is 9.80 Å². The molecule has 1 N–H and O–H groups in total. The highest BCUT2D eigenvalue weighted by Gasteiger charge is 2.35. The Morgan fingerprint density at radius 1 is 1.00 bits per heavy atom. The fourth-order valence-electron chi connectivity index (χ4n) is 4.29. The molecule has 2 heterocycles. The largest absolute Gasteiger partial charge is 0.383 e. The number of carbonyl (C=O) groups is 2. The minimum Gasteiger partial charge on any atom is -0.383 e. The van der Waals surface area contributed by atoms with Crippen LogP contribution in [0.2, 0.25) is 0 Å². The summed E-state index contributed by atoms with van der Waals surface area (Å²) in [5.74, 6) is 0.337. The van der Waals surface area contributed by atoms with Gasteiger partial charge in [0.05, 0.1) is 0 Å². The normalized spacial score (nSPS) is 26.5. The number of aliphatic hydroxyl groups excluding tert-OH is 1. The number of likely N-dealkylation sites (tertiary alicyclic amines) is 2. The summed E-state index contributed by atoms with van der Waals surface area (Å²) in [6.45, 7) is 2.23. The van der Waals surface area contributed by atoms with Crippen LogP contribution in [-0.2, 0) is 9.59 Å². The molecule has 5 nitrogen and oxygen atoms in total. The molecule has 0 aromatic heterocycles. The molecule has 1 atom stereocenters. The number of hydrogen-bond acceptors (Lipinski definition) is 3. The van der Waals surface area contributed by atoms with Crippen molar-refractivity contribution in [2.75, 3.05) is 19.6 Å². The van der Waals surface area contributed by atoms with Gasteiger partial charge in [0.1, 0.15) is 6.10 Å². The molecule has 2 amide bonds. The number of carbonyl (C=O) groups excluding carboxylic acids is 2. The van der Waals surface area contributed by atoms with Crippen LogP contribution >= 0.6 is 0 Å². The number of aliphatic hydroxyl groups is 1. The van der Waals surface area contributed by atoms with E-state index in [0.717, 1.165) is 51.5 Å². The van der Waals surface area contributed by atoms with Gasteiger partial charge in [-0.15, -0.1) is 0 Å². The molecular formula is C17H28N2O3. The highest BCUT2D eigenvalue weighted by atomic mass is 16.3. The molecule has 1 unspecified atom stereocenters. The molecule has 3 fully saturated rings. The van der Waals surface area contributed by atoms with Gasteiger partial charge in [0, 0.05) is 32.1 Å². The lowest BCUT2D eigenvalue weighted by molar-refractivity contribution is -0.145. The maximum atomic E-state index is 12.5. The monoisotopic (exact) mass is 308 g/mol. The van der Waals surface area contributed by atoms with Crippen molar-refractivity contribution in [2.45, 2.75) is 69.9 Å². The predicted molar refractivity (Wildman–Crippen MR) is 83.1 cm³/mol. The molecule has 1 saturated carbocycles. The van der Waals surface area contributed by atoms with Gasteiger partial charge >= 0.3 is 0 Å². The zero-order valence-electron chi connectivity index (χ0n) is 13.4. The Balaban J connectivity index is 1.49. The predicted octanol–water partition coefficient (Wildman–Crippen LogP) is 1.54. The summed E-state index contributed by atoms with van der Waals surface area (Å²) in [5.41, 5.74) is 0. The molecular weight excluding hydrogens is 280 g/mol. The SMILES string of the molecule is O=C(C(O)C1CCCCC1)N1CCC(N2CCCC2=O)CC1. The molecule has 5 heteroatoms. The van der Waals surface area contributed by atoms with Crippen LogP contribution in [0.15, 0.2) is 0 Å². The molecule has 1 aliphatic carbocycles. The first-order valence-corrected chi connectivity index (χ1v) is 8.93. The topological polar surface area (TPSA) is 60.9 Å². The first kappa shape index (κ1) is 15.8. The van der Waals surface area contributed by atoms with E-state index in [9.17, 15) is 14.7 Å². The van der Waals surface area contributed by atoms with Gasteiger partial charge < -0.3 is 14.9 Å². The third-order valence-electron chi connectivity index (χ3n) is 5.68. The molecule has 124 valence electrons. The van der Waals surface area contributed by atoms with Crippen molar-refractivity contribution in [1.29, 1.82) is 0 Å². The summed E-state index contributed by atoms with van der Waals surface area (Å²) in [5, 5.41) is 10.4. The van der Waals surface area contributed by atoms with Crippen LogP contribution in [0, 0.1) is 5.92 Å². The zero-order chi connectivity index (χ0) is 15.5. The molecule has 0 bridgehead atoms. The second-order valence-electron chi connectivity index (χ2n) is 7.09. The molecule has 2 saturated heterocycles. The fraction of sp³-hybridized carbons (Fsp3) is 0.882. The van der Waals surface area contributed by atoms with Crippen molar-refractivity contribution in [3.05, 3.63) is 0 Å². The number of nitrogens with zero attached hydrogens (tertiary/aromatic N) is 2. The third kappa shape index (κ3) is 3.29. The van der Waals surface area contributed by atoms with Crippen molar-refractivity contribution >= 4 is 11.8 Å². The number of rotatable bonds is 3. The Morgan fingerprint density at radius 2 is 1.68 bits per heavy atom. The molecule has 3 rings (SSSR count). The lowest BCUT2D eigenvalue weighted by Crippen LogP contribution is -2.50. The van der Waals surface area contributed by atoms with Crippen molar-refractivity contribution in [2.24, 2.45) is 5.92 Å². The van der Waals surface area contributed by atoms with E-state index in [4.69, 9.17) is 0 Å². The van der Waals surface area contributed by atoms with Gasteiger partial charge in [0.25, 0.3) is 5.91 Å². The van der Waals surface area contributed by atoms with E-state index in [1.165, 1.54) is 6.42 Å². The van der Waals surface area contributed by atoms with E-state index in [0.29, 0.717) is 25.6 Å². The highest BCUT2D eigenvalue weighted by Crippen LogP contribution is 2.28. The third-order valence-corrected chi connectivity index (χ3v) is 5.68. The minimum absolute atomic E-state index is 0.0851. The van der Waals surface area contributed by atoms with Gasteiger partial charge in [-0.25, -0.2) is 0 Å². The summed E-state index contributed by atoms with van der Waals surface area (Å²) in [6, 6.07) is 0.297. The number of piperidine rings is 1. The van der Waals surface area contributed by atoms with Crippen LogP contribution in [0.5, 0.6) is 0 Å². The Labute approximate surface area is 132 Å². The summed E-state index contributed by atoms with van der Waals surface area (Å²) in [6.07, 6.45) is 8.00. The number of amides is 2. The quantitative estimate of drug-likeness (QED) is 0.860. The van der Waals surface area contributed by atoms with Crippen LogP contribution in [0.1, 0.15) is 57.8 Å². The van der Waals surface area contributed by atoms with Crippen molar-refractivity contribution in [3.8, 4) is 0 Å². The first-order valence-electron chi connectivity index (χ1n) is 8.93. The fourth-order valence-corrected chi connectivity index (χ4v) is 4.29. The van der Waals surface area contributed by atoms with Gasteiger partial charge in [0.15, 0.2) is 0 Å². The van der Waals surface area contributed by atoms with E-state index in [2.05, 4.69) is 0 Å². The van der Waals surface area contributed by atoms with E-state index in [-0.39, 0.29) is 17.7 Å². The molecule has 0 aromatic rings. The van der Waals surface area contributed by atoms with Crippen molar-refractivity contribution in [1.82, 2.24) is 9.80 Å². The Hall–Kier alpha value is -1.10. The smallest absolute Gasteiger partial charge is 0.251 e. The summed E-state index contributed by atoms with van der Waals surface area (Å²) < 4.78 is 0. The maximum Gasteiger partial charge on any atom is 0.251 e. The second kappa shape index (κ2) is 6.99. The molecule has 0 radical (unpaired) electrons. The first-order chi connectivity index (χ1) is 10.7. The van der Waals surface area contributed by atoms with Gasteiger partial charge in [-0.2, -0.15) is 0 Å². The summed E-state index contributed by atoms with van der Waals surface area (Å²) in [7, 11) is 0. The van der Waals surface area contributed by atoms with E-state index in [1.54, 1.807) is 0 Å². The standard InChI is InChI=1S/C17H28N2O3/c20-15-7-4-10-19(15)14-8-11-18(12-9-14)17(22)16(21)13-5-2-1-3-6-13/h13-14,16,21H,1-12H2.